The summed E-state index contributed by atoms with van der Waals surface area (Å²) in [5.41, 5.74) is 0.257. The molecule has 0 spiro atoms. The summed E-state index contributed by atoms with van der Waals surface area (Å²) in [6.07, 6.45) is 10.7. The van der Waals surface area contributed by atoms with Crippen LogP contribution in [-0.2, 0) is 68.9 Å². The third-order valence-corrected chi connectivity index (χ3v) is 14.3. The summed E-state index contributed by atoms with van der Waals surface area (Å²) in [5.74, 6) is 0. The van der Waals surface area contributed by atoms with Crippen LogP contribution in [0, 0.1) is 10.8 Å². The molecule has 448 valence electrons. The molecule has 5 unspecified atom stereocenters. The van der Waals surface area contributed by atoms with Crippen LogP contribution in [0.5, 0.6) is 0 Å². The van der Waals surface area contributed by atoms with Gasteiger partial charge in [-0.1, -0.05) is 155 Å². The summed E-state index contributed by atoms with van der Waals surface area (Å²) in [5, 5.41) is 82.7. The second-order valence-corrected chi connectivity index (χ2v) is 22.5. The van der Waals surface area contributed by atoms with E-state index in [1.165, 1.54) is 86.4 Å². The van der Waals surface area contributed by atoms with E-state index in [1.807, 2.05) is 0 Å². The maximum Gasteiger partial charge on any atom is 0.189 e. The first-order valence-corrected chi connectivity index (χ1v) is 29.5. The number of aromatic nitrogens is 6. The van der Waals surface area contributed by atoms with Crippen LogP contribution in [-0.4, -0.2) is 188 Å². The van der Waals surface area contributed by atoms with Gasteiger partial charge in [-0.25, -0.2) is 9.36 Å². The molecule has 0 radical (unpaired) electrons. The highest BCUT2D eigenvalue weighted by molar-refractivity contribution is 4.96. The van der Waals surface area contributed by atoms with E-state index in [0.29, 0.717) is 77.5 Å². The number of aliphatic hydroxyl groups is 6. The van der Waals surface area contributed by atoms with Crippen LogP contribution in [0.1, 0.15) is 181 Å². The molecule has 21 nitrogen and oxygen atoms in total. The molecular formula is C56H104N6O15. The second kappa shape index (κ2) is 38.4. The molecule has 6 N–H and O–H groups in total. The van der Waals surface area contributed by atoms with Gasteiger partial charge in [-0.15, -0.1) is 10.2 Å². The van der Waals surface area contributed by atoms with E-state index in [9.17, 15) is 30.6 Å². The zero-order chi connectivity index (χ0) is 55.7. The van der Waals surface area contributed by atoms with Crippen molar-refractivity contribution in [2.45, 2.75) is 258 Å². The Morgan fingerprint density at radius 2 is 0.714 bits per heavy atom. The van der Waals surface area contributed by atoms with Crippen LogP contribution in [0.2, 0.25) is 0 Å². The number of hydrogen-bond donors (Lipinski definition) is 6. The van der Waals surface area contributed by atoms with Gasteiger partial charge in [0.25, 0.3) is 0 Å². The van der Waals surface area contributed by atoms with Crippen LogP contribution in [0.15, 0.2) is 12.4 Å². The fourth-order valence-corrected chi connectivity index (χ4v) is 9.41. The molecule has 2 aromatic heterocycles. The molecule has 77 heavy (non-hydrogen) atoms. The fraction of sp³-hybridized carbons (Fsp3) is 0.929. The molecule has 2 aliphatic heterocycles. The molecule has 0 bridgehead atoms. The molecule has 2 saturated heterocycles. The topological polar surface area (TPSA) is 266 Å². The quantitative estimate of drug-likeness (QED) is 0.0403. The van der Waals surface area contributed by atoms with Gasteiger partial charge in [-0.05, 0) is 25.7 Å². The Labute approximate surface area is 460 Å². The molecule has 4 heterocycles. The second-order valence-electron chi connectivity index (χ2n) is 22.5. The lowest BCUT2D eigenvalue weighted by Crippen LogP contribution is -2.63. The summed E-state index contributed by atoms with van der Waals surface area (Å²) in [4.78, 5) is 0. The number of hydrogen-bond acceptors (Lipinski definition) is 19. The third-order valence-electron chi connectivity index (χ3n) is 14.3. The van der Waals surface area contributed by atoms with Crippen LogP contribution >= 0.6 is 0 Å². The van der Waals surface area contributed by atoms with E-state index < -0.39 is 61.4 Å². The minimum absolute atomic E-state index is 0.108. The van der Waals surface area contributed by atoms with Gasteiger partial charge < -0.3 is 73.3 Å². The zero-order valence-electron chi connectivity index (χ0n) is 48.0. The lowest BCUT2D eigenvalue weighted by molar-refractivity contribution is -0.375. The Morgan fingerprint density at radius 1 is 0.416 bits per heavy atom. The van der Waals surface area contributed by atoms with Gasteiger partial charge in [0.2, 0.25) is 0 Å². The van der Waals surface area contributed by atoms with Gasteiger partial charge in [-0.2, -0.15) is 0 Å². The molecule has 0 aromatic carbocycles. The molecule has 2 aliphatic rings. The van der Waals surface area contributed by atoms with Crippen molar-refractivity contribution in [2.24, 2.45) is 10.8 Å². The summed E-state index contributed by atoms with van der Waals surface area (Å²) < 4.78 is 57.5. The monoisotopic (exact) mass is 1100 g/mol. The van der Waals surface area contributed by atoms with E-state index >= 15 is 0 Å². The van der Waals surface area contributed by atoms with Crippen molar-refractivity contribution in [1.82, 2.24) is 30.0 Å². The lowest BCUT2D eigenvalue weighted by atomic mass is 9.94. The largest absolute Gasteiger partial charge is 0.388 e. The number of nitrogens with zero attached hydrogens (tertiary/aromatic N) is 6. The average molecular weight is 1100 g/mol. The molecule has 2 aromatic rings. The molecule has 0 aliphatic carbocycles. The first-order chi connectivity index (χ1) is 37.2. The van der Waals surface area contributed by atoms with Gasteiger partial charge in [0.15, 0.2) is 12.6 Å². The molecule has 4 rings (SSSR count). The Morgan fingerprint density at radius 3 is 1.03 bits per heavy atom. The Kier molecular flexibility index (Phi) is 33.5. The van der Waals surface area contributed by atoms with E-state index in [0.717, 1.165) is 51.4 Å². The van der Waals surface area contributed by atoms with Crippen molar-refractivity contribution in [3.8, 4) is 0 Å². The Bertz CT molecular complexity index is 1600. The van der Waals surface area contributed by atoms with Crippen molar-refractivity contribution in [3.63, 3.8) is 0 Å². The van der Waals surface area contributed by atoms with Crippen molar-refractivity contribution in [3.05, 3.63) is 23.8 Å². The highest BCUT2D eigenvalue weighted by atomic mass is 16.8. The first kappa shape index (κ1) is 67.2. The van der Waals surface area contributed by atoms with Crippen molar-refractivity contribution < 1.29 is 73.3 Å². The number of aliphatic hydroxyl groups excluding tert-OH is 6. The number of unbranched alkanes of at least 4 members (excludes halogenated alkanes) is 16. The summed E-state index contributed by atoms with van der Waals surface area (Å²) in [7, 11) is 0. The first-order valence-electron chi connectivity index (χ1n) is 29.5. The summed E-state index contributed by atoms with van der Waals surface area (Å²) in [6, 6.07) is 0. The van der Waals surface area contributed by atoms with Crippen LogP contribution in [0.3, 0.4) is 0 Å². The average Bonchev–Trinajstić information content (AvgIpc) is 4.08. The Hall–Kier alpha value is -2.32. The minimum atomic E-state index is -1.78. The highest BCUT2D eigenvalue weighted by Crippen LogP contribution is 2.30. The van der Waals surface area contributed by atoms with Gasteiger partial charge >= 0.3 is 0 Å². The maximum atomic E-state index is 11.0. The molecular weight excluding hydrogens is 997 g/mol. The molecule has 10 atom stereocenters. The minimum Gasteiger partial charge on any atom is -0.388 e. The third kappa shape index (κ3) is 25.6. The number of ether oxygens (including phenoxy) is 9. The van der Waals surface area contributed by atoms with Gasteiger partial charge in [-0.3, -0.25) is 0 Å². The lowest BCUT2D eigenvalue weighted by Gasteiger charge is -2.45. The van der Waals surface area contributed by atoms with E-state index in [1.54, 1.807) is 12.4 Å². The van der Waals surface area contributed by atoms with E-state index in [2.05, 4.69) is 62.2 Å². The SMILES string of the molecule is CCCCCCCOCC(C)(COCCCCCCC)COCc1cn(CC2O[C@H](O[C@H]3OC(Cn4cc(COCC(C)(COCCCCCCC)COCCCCCCC)nn4)[C@@H](O)[C@H](O)C3O)C(O)C(O)[C@@H]2O)nn1. The van der Waals surface area contributed by atoms with E-state index in [-0.39, 0.29) is 37.1 Å². The molecule has 0 saturated carbocycles. The van der Waals surface area contributed by atoms with E-state index in [4.69, 9.17) is 42.6 Å². The predicted octanol–water partition coefficient (Wildman–Crippen LogP) is 6.20. The van der Waals surface area contributed by atoms with Gasteiger partial charge in [0, 0.05) is 37.3 Å². The van der Waals surface area contributed by atoms with Crippen LogP contribution < -0.4 is 0 Å². The van der Waals surface area contributed by atoms with Crippen LogP contribution in [0.25, 0.3) is 0 Å². The van der Waals surface area contributed by atoms with Crippen molar-refractivity contribution in [1.29, 1.82) is 0 Å². The number of rotatable bonds is 46. The van der Waals surface area contributed by atoms with Crippen molar-refractivity contribution >= 4 is 0 Å². The Balaban J connectivity index is 1.28. The smallest absolute Gasteiger partial charge is 0.189 e. The maximum absolute atomic E-state index is 11.0. The molecule has 0 amide bonds. The summed E-state index contributed by atoms with van der Waals surface area (Å²) in [6.45, 7) is 18.5. The van der Waals surface area contributed by atoms with Crippen LogP contribution in [0.4, 0.5) is 0 Å². The predicted molar refractivity (Wildman–Crippen MR) is 288 cm³/mol. The zero-order valence-corrected chi connectivity index (χ0v) is 48.0. The molecule has 21 heteroatoms. The van der Waals surface area contributed by atoms with Gasteiger partial charge in [0.1, 0.15) is 60.2 Å². The standard InChI is InChI=1S/C56H104N6O15/c1-7-11-15-19-23-27-69-37-55(5,38-70-28-24-20-16-12-8-2)41-73-35-43-31-61(59-57-43)33-45-47(63)49(65)51(67)53(75-45)77-54-52(68)50(66)48(64)46(76-54)34-62-32-44(58-60-62)36-74-42-56(6,39-71-29-25-21-17-13-9-3)40-72-30-26-22-18-14-10-4/h31-32,45-54,63-68H,7-30,33-42H2,1-6H3/t45?,46?,47-,48-,49+,50?,51?,52?,53-,54-/m1/s1. The molecule has 2 fully saturated rings. The normalized spacial score (nSPS) is 24.3. The fourth-order valence-electron chi connectivity index (χ4n) is 9.41. The highest BCUT2D eigenvalue weighted by Gasteiger charge is 2.50. The summed E-state index contributed by atoms with van der Waals surface area (Å²) >= 11 is 0. The van der Waals surface area contributed by atoms with Crippen molar-refractivity contribution in [2.75, 3.05) is 66.1 Å². The van der Waals surface area contributed by atoms with Gasteiger partial charge in [0.05, 0.1) is 78.3 Å².